The number of pyridine rings is 1. The van der Waals surface area contributed by atoms with Crippen LogP contribution >= 0.6 is 0 Å². The van der Waals surface area contributed by atoms with Gasteiger partial charge in [0.2, 0.25) is 0 Å². The molecule has 0 saturated carbocycles. The molecular formula is C12H21N3O. The largest absolute Gasteiger partial charge is 0.399 e. The molecule has 3 N–H and O–H groups in total. The average Bonchev–Trinajstić information content (AvgIpc) is 2.24. The van der Waals surface area contributed by atoms with Crippen molar-refractivity contribution >= 4 is 5.69 Å². The smallest absolute Gasteiger partial charge is 0.0564 e. The molecule has 16 heavy (non-hydrogen) atoms. The first-order valence-corrected chi connectivity index (χ1v) is 5.68. The Morgan fingerprint density at radius 2 is 2.25 bits per heavy atom. The van der Waals surface area contributed by atoms with Gasteiger partial charge in [0.1, 0.15) is 0 Å². The highest BCUT2D eigenvalue weighted by atomic mass is 16.3. The van der Waals surface area contributed by atoms with Gasteiger partial charge in [-0.15, -0.1) is 0 Å². The maximum atomic E-state index is 8.84. The zero-order chi connectivity index (χ0) is 12.0. The molecule has 0 bridgehead atoms. The summed E-state index contributed by atoms with van der Waals surface area (Å²) in [7, 11) is 0. The summed E-state index contributed by atoms with van der Waals surface area (Å²) in [5.74, 6) is 0. The van der Waals surface area contributed by atoms with Crippen molar-refractivity contribution in [2.45, 2.75) is 32.9 Å². The van der Waals surface area contributed by atoms with Crippen LogP contribution in [0.15, 0.2) is 18.3 Å². The Morgan fingerprint density at radius 3 is 2.81 bits per heavy atom. The monoisotopic (exact) mass is 223 g/mol. The third-order valence-corrected chi connectivity index (χ3v) is 2.54. The highest BCUT2D eigenvalue weighted by Crippen LogP contribution is 2.09. The van der Waals surface area contributed by atoms with E-state index >= 15 is 0 Å². The van der Waals surface area contributed by atoms with Gasteiger partial charge in [0.05, 0.1) is 5.69 Å². The van der Waals surface area contributed by atoms with E-state index in [1.54, 1.807) is 12.3 Å². The van der Waals surface area contributed by atoms with E-state index in [4.69, 9.17) is 10.8 Å². The summed E-state index contributed by atoms with van der Waals surface area (Å²) in [6, 6.07) is 4.13. The predicted octanol–water partition coefficient (Wildman–Crippen LogP) is 1.26. The summed E-state index contributed by atoms with van der Waals surface area (Å²) in [6.07, 6.45) is 2.52. The van der Waals surface area contributed by atoms with E-state index in [-0.39, 0.29) is 6.61 Å². The number of aliphatic hydroxyl groups is 1. The van der Waals surface area contributed by atoms with E-state index in [1.807, 2.05) is 6.07 Å². The van der Waals surface area contributed by atoms with E-state index in [9.17, 15) is 0 Å². The molecule has 0 radical (unpaired) electrons. The lowest BCUT2D eigenvalue weighted by Crippen LogP contribution is -2.32. The Hall–Kier alpha value is -1.13. The molecular weight excluding hydrogens is 202 g/mol. The van der Waals surface area contributed by atoms with Gasteiger partial charge < -0.3 is 10.8 Å². The highest BCUT2D eigenvalue weighted by Gasteiger charge is 2.10. The predicted molar refractivity (Wildman–Crippen MR) is 65.9 cm³/mol. The molecule has 1 aromatic heterocycles. The van der Waals surface area contributed by atoms with Crippen molar-refractivity contribution in [3.63, 3.8) is 0 Å². The van der Waals surface area contributed by atoms with E-state index in [1.165, 1.54) is 0 Å². The fourth-order valence-electron chi connectivity index (χ4n) is 1.59. The maximum absolute atomic E-state index is 8.84. The normalized spacial score (nSPS) is 11.3. The van der Waals surface area contributed by atoms with Gasteiger partial charge >= 0.3 is 0 Å². The number of aliphatic hydroxyl groups excluding tert-OH is 1. The summed E-state index contributed by atoms with van der Waals surface area (Å²) in [5, 5.41) is 8.84. The fourth-order valence-corrected chi connectivity index (χ4v) is 1.59. The molecule has 90 valence electrons. The van der Waals surface area contributed by atoms with Crippen molar-refractivity contribution in [1.29, 1.82) is 0 Å². The first-order chi connectivity index (χ1) is 7.63. The Kier molecular flexibility index (Phi) is 5.22. The molecule has 0 amide bonds. The van der Waals surface area contributed by atoms with E-state index in [0.717, 1.165) is 30.9 Å². The first-order valence-electron chi connectivity index (χ1n) is 5.68. The van der Waals surface area contributed by atoms with Gasteiger partial charge in [-0.1, -0.05) is 0 Å². The van der Waals surface area contributed by atoms with Gasteiger partial charge in [0.25, 0.3) is 0 Å². The maximum Gasteiger partial charge on any atom is 0.0564 e. The molecule has 1 heterocycles. The van der Waals surface area contributed by atoms with Crippen LogP contribution in [-0.2, 0) is 6.54 Å². The van der Waals surface area contributed by atoms with Crippen molar-refractivity contribution in [3.8, 4) is 0 Å². The third kappa shape index (κ3) is 4.16. The number of hydrogen-bond donors (Lipinski definition) is 2. The highest BCUT2D eigenvalue weighted by molar-refractivity contribution is 5.37. The van der Waals surface area contributed by atoms with E-state index in [0.29, 0.717) is 6.04 Å². The molecule has 0 aromatic carbocycles. The van der Waals surface area contributed by atoms with Crippen LogP contribution in [0.4, 0.5) is 5.69 Å². The van der Waals surface area contributed by atoms with Crippen LogP contribution in [0.25, 0.3) is 0 Å². The minimum atomic E-state index is 0.230. The first kappa shape index (κ1) is 12.9. The van der Waals surface area contributed by atoms with Gasteiger partial charge in [-0.2, -0.15) is 0 Å². The third-order valence-electron chi connectivity index (χ3n) is 2.54. The van der Waals surface area contributed by atoms with Crippen molar-refractivity contribution in [2.75, 3.05) is 18.9 Å². The molecule has 1 aromatic rings. The van der Waals surface area contributed by atoms with Crippen LogP contribution < -0.4 is 5.73 Å². The van der Waals surface area contributed by atoms with Gasteiger partial charge in [0.15, 0.2) is 0 Å². The Morgan fingerprint density at radius 1 is 1.50 bits per heavy atom. The minimum absolute atomic E-state index is 0.230. The van der Waals surface area contributed by atoms with Crippen LogP contribution in [0.5, 0.6) is 0 Å². The zero-order valence-corrected chi connectivity index (χ0v) is 10.1. The number of nitrogens with zero attached hydrogens (tertiary/aromatic N) is 2. The van der Waals surface area contributed by atoms with Crippen LogP contribution in [0.2, 0.25) is 0 Å². The second-order valence-electron chi connectivity index (χ2n) is 4.22. The second kappa shape index (κ2) is 6.45. The minimum Gasteiger partial charge on any atom is -0.399 e. The lowest BCUT2D eigenvalue weighted by molar-refractivity contribution is 0.183. The topological polar surface area (TPSA) is 62.4 Å². The molecule has 0 atom stereocenters. The van der Waals surface area contributed by atoms with Crippen LogP contribution in [0.3, 0.4) is 0 Å². The quantitative estimate of drug-likeness (QED) is 0.762. The molecule has 0 spiro atoms. The Bertz CT molecular complexity index is 315. The number of nitrogens with two attached hydrogens (primary N) is 1. The van der Waals surface area contributed by atoms with Gasteiger partial charge in [-0.05, 0) is 32.4 Å². The Labute approximate surface area is 97.1 Å². The van der Waals surface area contributed by atoms with Crippen LogP contribution in [0.1, 0.15) is 26.0 Å². The van der Waals surface area contributed by atoms with Gasteiger partial charge in [-0.3, -0.25) is 9.88 Å². The summed E-state index contributed by atoms with van der Waals surface area (Å²) < 4.78 is 0. The number of hydrogen-bond acceptors (Lipinski definition) is 4. The lowest BCUT2D eigenvalue weighted by Gasteiger charge is -2.25. The molecule has 0 aliphatic rings. The van der Waals surface area contributed by atoms with Crippen LogP contribution in [0, 0.1) is 0 Å². The molecule has 0 saturated heterocycles. The number of nitrogen functional groups attached to an aromatic ring is 1. The van der Waals surface area contributed by atoms with Crippen molar-refractivity contribution in [2.24, 2.45) is 0 Å². The molecule has 0 aliphatic heterocycles. The summed E-state index contributed by atoms with van der Waals surface area (Å²) in [6.45, 7) is 6.17. The number of rotatable bonds is 6. The molecule has 4 nitrogen and oxygen atoms in total. The van der Waals surface area contributed by atoms with Gasteiger partial charge in [-0.25, -0.2) is 0 Å². The lowest BCUT2D eigenvalue weighted by atomic mass is 10.2. The average molecular weight is 223 g/mol. The molecule has 0 aliphatic carbocycles. The van der Waals surface area contributed by atoms with Crippen molar-refractivity contribution in [3.05, 3.63) is 24.0 Å². The fraction of sp³-hybridized carbons (Fsp3) is 0.583. The van der Waals surface area contributed by atoms with Gasteiger partial charge in [0, 0.05) is 37.6 Å². The SMILES string of the molecule is CC(C)N(CCCO)Cc1cc(N)ccn1. The summed E-state index contributed by atoms with van der Waals surface area (Å²) in [4.78, 5) is 6.56. The molecule has 0 unspecified atom stereocenters. The standard InChI is InChI=1S/C12H21N3O/c1-10(2)15(6-3-7-16)9-12-8-11(13)4-5-14-12/h4-5,8,10,16H,3,6-7,9H2,1-2H3,(H2,13,14). The van der Waals surface area contributed by atoms with Crippen molar-refractivity contribution in [1.82, 2.24) is 9.88 Å². The second-order valence-corrected chi connectivity index (χ2v) is 4.22. The van der Waals surface area contributed by atoms with Crippen molar-refractivity contribution < 1.29 is 5.11 Å². The van der Waals surface area contributed by atoms with Crippen LogP contribution in [-0.4, -0.2) is 34.2 Å². The van der Waals surface area contributed by atoms with E-state index in [2.05, 4.69) is 23.7 Å². The molecule has 1 rings (SSSR count). The van der Waals surface area contributed by atoms with E-state index < -0.39 is 0 Å². The number of anilines is 1. The molecule has 0 fully saturated rings. The molecule has 4 heteroatoms. The number of aromatic nitrogens is 1. The zero-order valence-electron chi connectivity index (χ0n) is 10.1. The summed E-state index contributed by atoms with van der Waals surface area (Å²) >= 11 is 0. The Balaban J connectivity index is 2.60. The summed E-state index contributed by atoms with van der Waals surface area (Å²) in [5.41, 5.74) is 7.44.